The molecule has 0 aliphatic carbocycles. The molecule has 124 valence electrons. The maximum atomic E-state index is 9.50. The van der Waals surface area contributed by atoms with E-state index < -0.39 is 0 Å². The van der Waals surface area contributed by atoms with Crippen LogP contribution in [0.25, 0.3) is 22.2 Å². The molecule has 2 heterocycles. The van der Waals surface area contributed by atoms with Gasteiger partial charge in [0.2, 0.25) is 11.9 Å². The molecule has 0 aliphatic heterocycles. The summed E-state index contributed by atoms with van der Waals surface area (Å²) < 4.78 is 0. The van der Waals surface area contributed by atoms with Crippen LogP contribution in [-0.2, 0) is 0 Å². The zero-order chi connectivity index (χ0) is 17.8. The van der Waals surface area contributed by atoms with Crippen molar-refractivity contribution in [3.63, 3.8) is 0 Å². The average molecular weight is 349 g/mol. The molecule has 8 heteroatoms. The lowest BCUT2D eigenvalue weighted by Gasteiger charge is -2.10. The monoisotopic (exact) mass is 349 g/mol. The molecule has 0 saturated heterocycles. The van der Waals surface area contributed by atoms with E-state index in [4.69, 9.17) is 5.73 Å². The van der Waals surface area contributed by atoms with Gasteiger partial charge in [0.05, 0.1) is 5.57 Å². The summed E-state index contributed by atoms with van der Waals surface area (Å²) in [6.07, 6.45) is 3.43. The van der Waals surface area contributed by atoms with Crippen molar-refractivity contribution in [1.29, 1.82) is 5.26 Å². The van der Waals surface area contributed by atoms with Crippen LogP contribution in [0.4, 0.5) is 11.9 Å². The summed E-state index contributed by atoms with van der Waals surface area (Å²) >= 11 is 1.49. The molecule has 0 atom stereocenters. The standard InChI is InChI=1S/C17H15N7S/c1-24(2)17-22-14(21-16(19)23-17)12(9-18)8-13-10-20-15(25-13)11-6-4-3-5-7-11/h3-8,10H,1-2H3,(H2,19,21,22,23). The predicted octanol–water partition coefficient (Wildman–Crippen LogP) is 2.71. The lowest BCUT2D eigenvalue weighted by Crippen LogP contribution is -2.15. The van der Waals surface area contributed by atoms with Crippen molar-refractivity contribution in [3.8, 4) is 16.6 Å². The van der Waals surface area contributed by atoms with Crippen LogP contribution in [0.1, 0.15) is 10.7 Å². The molecule has 3 rings (SSSR count). The molecule has 0 saturated carbocycles. The number of allylic oxidation sites excluding steroid dienone is 1. The van der Waals surface area contributed by atoms with Crippen LogP contribution in [0.5, 0.6) is 0 Å². The van der Waals surface area contributed by atoms with Gasteiger partial charge in [0.25, 0.3) is 0 Å². The van der Waals surface area contributed by atoms with E-state index in [1.54, 1.807) is 31.3 Å². The van der Waals surface area contributed by atoms with Crippen molar-refractivity contribution in [2.24, 2.45) is 0 Å². The highest BCUT2D eigenvalue weighted by molar-refractivity contribution is 7.15. The molecule has 0 unspecified atom stereocenters. The Hall–Kier alpha value is -3.31. The van der Waals surface area contributed by atoms with Crippen molar-refractivity contribution in [2.75, 3.05) is 24.7 Å². The van der Waals surface area contributed by atoms with Gasteiger partial charge in [-0.2, -0.15) is 20.2 Å². The minimum Gasteiger partial charge on any atom is -0.368 e. The fourth-order valence-corrected chi connectivity index (χ4v) is 2.92. The van der Waals surface area contributed by atoms with Crippen LogP contribution in [-0.4, -0.2) is 34.0 Å². The molecular formula is C17H15N7S. The molecule has 1 aromatic carbocycles. The van der Waals surface area contributed by atoms with E-state index in [2.05, 4.69) is 26.0 Å². The van der Waals surface area contributed by atoms with Gasteiger partial charge in [-0.3, -0.25) is 0 Å². The molecule has 0 amide bonds. The van der Waals surface area contributed by atoms with Gasteiger partial charge in [-0.15, -0.1) is 11.3 Å². The van der Waals surface area contributed by atoms with E-state index in [0.29, 0.717) is 11.5 Å². The fourth-order valence-electron chi connectivity index (χ4n) is 2.06. The summed E-state index contributed by atoms with van der Waals surface area (Å²) in [4.78, 5) is 19.3. The quantitative estimate of drug-likeness (QED) is 0.722. The first-order chi connectivity index (χ1) is 12.1. The number of hydrogen-bond donors (Lipinski definition) is 1. The Balaban J connectivity index is 1.97. The highest BCUT2D eigenvalue weighted by atomic mass is 32.1. The summed E-state index contributed by atoms with van der Waals surface area (Å²) in [7, 11) is 3.59. The third kappa shape index (κ3) is 3.79. The van der Waals surface area contributed by atoms with Gasteiger partial charge < -0.3 is 10.6 Å². The molecule has 2 aromatic heterocycles. The topological polar surface area (TPSA) is 105 Å². The molecule has 3 aromatic rings. The minimum absolute atomic E-state index is 0.0733. The van der Waals surface area contributed by atoms with Crippen LogP contribution < -0.4 is 10.6 Å². The maximum Gasteiger partial charge on any atom is 0.230 e. The summed E-state index contributed by atoms with van der Waals surface area (Å²) in [5.41, 5.74) is 7.07. The number of aromatic nitrogens is 4. The first-order valence-corrected chi connectivity index (χ1v) is 8.21. The number of thiazole rings is 1. The first-order valence-electron chi connectivity index (χ1n) is 7.39. The third-order valence-corrected chi connectivity index (χ3v) is 4.23. The van der Waals surface area contributed by atoms with E-state index in [0.717, 1.165) is 15.4 Å². The molecular weight excluding hydrogens is 334 g/mol. The van der Waals surface area contributed by atoms with Crippen molar-refractivity contribution >= 4 is 34.9 Å². The molecule has 0 aliphatic rings. The van der Waals surface area contributed by atoms with E-state index in [-0.39, 0.29) is 11.8 Å². The number of nitrogens with two attached hydrogens (primary N) is 1. The number of benzene rings is 1. The number of anilines is 2. The molecule has 25 heavy (non-hydrogen) atoms. The van der Waals surface area contributed by atoms with Gasteiger partial charge in [-0.25, -0.2) is 4.98 Å². The number of rotatable bonds is 4. The van der Waals surface area contributed by atoms with Crippen molar-refractivity contribution in [3.05, 3.63) is 47.2 Å². The van der Waals surface area contributed by atoms with Gasteiger partial charge in [0, 0.05) is 30.7 Å². The van der Waals surface area contributed by atoms with E-state index in [1.807, 2.05) is 30.3 Å². The first kappa shape index (κ1) is 16.5. The maximum absolute atomic E-state index is 9.50. The molecule has 0 bridgehead atoms. The van der Waals surface area contributed by atoms with Gasteiger partial charge >= 0.3 is 0 Å². The lowest BCUT2D eigenvalue weighted by atomic mass is 10.2. The molecule has 7 nitrogen and oxygen atoms in total. The second-order valence-corrected chi connectivity index (χ2v) is 6.38. The zero-order valence-corrected chi connectivity index (χ0v) is 14.5. The second kappa shape index (κ2) is 7.07. The minimum atomic E-state index is 0.0733. The number of nitrogens with zero attached hydrogens (tertiary/aromatic N) is 6. The summed E-state index contributed by atoms with van der Waals surface area (Å²) in [6.45, 7) is 0. The second-order valence-electron chi connectivity index (χ2n) is 5.32. The van der Waals surface area contributed by atoms with Gasteiger partial charge in [-0.05, 0) is 6.08 Å². The van der Waals surface area contributed by atoms with Crippen LogP contribution >= 0.6 is 11.3 Å². The fraction of sp³-hybridized carbons (Fsp3) is 0.118. The summed E-state index contributed by atoms with van der Waals surface area (Å²) in [5.74, 6) is 0.718. The number of nitrogen functional groups attached to an aromatic ring is 1. The highest BCUT2D eigenvalue weighted by Gasteiger charge is 2.12. The number of nitriles is 1. The van der Waals surface area contributed by atoms with Crippen molar-refractivity contribution in [2.45, 2.75) is 0 Å². The molecule has 2 N–H and O–H groups in total. The van der Waals surface area contributed by atoms with Crippen molar-refractivity contribution in [1.82, 2.24) is 19.9 Å². The third-order valence-electron chi connectivity index (χ3n) is 3.23. The van der Waals surface area contributed by atoms with E-state index in [1.165, 1.54) is 11.3 Å². The smallest absolute Gasteiger partial charge is 0.230 e. The summed E-state index contributed by atoms with van der Waals surface area (Å²) in [6, 6.07) is 12.0. The van der Waals surface area contributed by atoms with Crippen molar-refractivity contribution < 1.29 is 0 Å². The Labute approximate surface area is 149 Å². The van der Waals surface area contributed by atoms with Crippen LogP contribution in [0, 0.1) is 11.3 Å². The van der Waals surface area contributed by atoms with Crippen LogP contribution in [0.2, 0.25) is 0 Å². The zero-order valence-electron chi connectivity index (χ0n) is 13.7. The van der Waals surface area contributed by atoms with Gasteiger partial charge in [-0.1, -0.05) is 30.3 Å². The Morgan fingerprint density at radius 3 is 2.64 bits per heavy atom. The molecule has 0 fully saturated rings. The van der Waals surface area contributed by atoms with Gasteiger partial charge in [0.1, 0.15) is 11.1 Å². The average Bonchev–Trinajstić information content (AvgIpc) is 3.08. The van der Waals surface area contributed by atoms with E-state index >= 15 is 0 Å². The Morgan fingerprint density at radius 1 is 1.20 bits per heavy atom. The summed E-state index contributed by atoms with van der Waals surface area (Å²) in [5, 5.41) is 10.4. The van der Waals surface area contributed by atoms with Gasteiger partial charge in [0.15, 0.2) is 5.82 Å². The van der Waals surface area contributed by atoms with E-state index in [9.17, 15) is 5.26 Å². The van der Waals surface area contributed by atoms with Crippen LogP contribution in [0.3, 0.4) is 0 Å². The molecule has 0 spiro atoms. The largest absolute Gasteiger partial charge is 0.368 e. The molecule has 0 radical (unpaired) electrons. The normalized spacial score (nSPS) is 11.2. The Morgan fingerprint density at radius 2 is 1.96 bits per heavy atom. The van der Waals surface area contributed by atoms with Crippen LogP contribution in [0.15, 0.2) is 36.5 Å². The SMILES string of the molecule is CN(C)c1nc(N)nc(C(C#N)=Cc2cnc(-c3ccccc3)s2)n1. The predicted molar refractivity (Wildman–Crippen MR) is 99.6 cm³/mol. The Kier molecular flexibility index (Phi) is 4.68. The Bertz CT molecular complexity index is 955. The highest BCUT2D eigenvalue weighted by Crippen LogP contribution is 2.27. The lowest BCUT2D eigenvalue weighted by molar-refractivity contribution is 0.952. The number of hydrogen-bond acceptors (Lipinski definition) is 8.